The Morgan fingerprint density at radius 1 is 1.06 bits per heavy atom. The Labute approximate surface area is 200 Å². The van der Waals surface area contributed by atoms with Gasteiger partial charge in [-0.15, -0.1) is 0 Å². The van der Waals surface area contributed by atoms with Gasteiger partial charge in [-0.3, -0.25) is 19.7 Å². The molecule has 3 heterocycles. The van der Waals surface area contributed by atoms with Crippen molar-refractivity contribution in [2.75, 3.05) is 19.8 Å². The quantitative estimate of drug-likeness (QED) is 0.596. The van der Waals surface area contributed by atoms with Crippen molar-refractivity contribution in [2.24, 2.45) is 5.92 Å². The molecule has 4 aliphatic rings. The van der Waals surface area contributed by atoms with E-state index < -0.39 is 6.04 Å². The van der Waals surface area contributed by atoms with E-state index in [1.165, 1.54) is 12.8 Å². The van der Waals surface area contributed by atoms with E-state index in [0.717, 1.165) is 69.1 Å². The fourth-order valence-corrected chi connectivity index (χ4v) is 5.78. The van der Waals surface area contributed by atoms with Crippen LogP contribution in [0.3, 0.4) is 0 Å². The summed E-state index contributed by atoms with van der Waals surface area (Å²) in [6.07, 6.45) is 8.77. The normalized spacial score (nSPS) is 28.1. The van der Waals surface area contributed by atoms with Crippen LogP contribution in [0.15, 0.2) is 18.2 Å². The number of benzene rings is 1. The summed E-state index contributed by atoms with van der Waals surface area (Å²) in [6, 6.07) is 5.38. The molecular weight excluding hydrogens is 434 g/mol. The Bertz CT molecular complexity index is 929. The highest BCUT2D eigenvalue weighted by atomic mass is 16.5. The Balaban J connectivity index is 1.19. The van der Waals surface area contributed by atoms with Gasteiger partial charge in [0, 0.05) is 37.8 Å². The molecule has 0 spiro atoms. The topological polar surface area (TPSA) is 97.0 Å². The molecule has 0 aromatic heterocycles. The van der Waals surface area contributed by atoms with Gasteiger partial charge in [0.1, 0.15) is 17.9 Å². The molecule has 184 valence electrons. The van der Waals surface area contributed by atoms with Crippen LogP contribution in [0.4, 0.5) is 0 Å². The summed E-state index contributed by atoms with van der Waals surface area (Å²) in [7, 11) is 0. The first-order valence-corrected chi connectivity index (χ1v) is 12.8. The molecule has 34 heavy (non-hydrogen) atoms. The third-order valence-electron chi connectivity index (χ3n) is 7.78. The number of imide groups is 1. The maximum Gasteiger partial charge on any atom is 0.255 e. The lowest BCUT2D eigenvalue weighted by Gasteiger charge is -2.33. The van der Waals surface area contributed by atoms with Crippen molar-refractivity contribution in [1.29, 1.82) is 0 Å². The summed E-state index contributed by atoms with van der Waals surface area (Å²) < 4.78 is 11.9. The van der Waals surface area contributed by atoms with Crippen molar-refractivity contribution in [3.8, 4) is 5.75 Å². The van der Waals surface area contributed by atoms with Crippen molar-refractivity contribution in [1.82, 2.24) is 15.5 Å². The molecule has 3 atom stereocenters. The molecule has 8 heteroatoms. The number of amides is 3. The van der Waals surface area contributed by atoms with Gasteiger partial charge in [-0.25, -0.2) is 0 Å². The molecule has 3 amide bonds. The third kappa shape index (κ3) is 5.13. The molecule has 0 bridgehead atoms. The number of ether oxygens (including phenoxy) is 2. The minimum atomic E-state index is -0.593. The van der Waals surface area contributed by atoms with Crippen molar-refractivity contribution >= 4 is 17.7 Å². The summed E-state index contributed by atoms with van der Waals surface area (Å²) in [5.74, 6) is 0.724. The Morgan fingerprint density at radius 2 is 1.88 bits per heavy atom. The summed E-state index contributed by atoms with van der Waals surface area (Å²) in [4.78, 5) is 38.3. The van der Waals surface area contributed by atoms with Crippen molar-refractivity contribution in [3.63, 3.8) is 0 Å². The molecule has 1 saturated carbocycles. The predicted octanol–water partition coefficient (Wildman–Crippen LogP) is 2.54. The Hall–Kier alpha value is -2.45. The Morgan fingerprint density at radius 3 is 2.71 bits per heavy atom. The smallest absolute Gasteiger partial charge is 0.255 e. The average molecular weight is 470 g/mol. The molecule has 3 fully saturated rings. The highest BCUT2D eigenvalue weighted by molar-refractivity contribution is 6.05. The van der Waals surface area contributed by atoms with Gasteiger partial charge >= 0.3 is 0 Å². The zero-order chi connectivity index (χ0) is 23.5. The van der Waals surface area contributed by atoms with Crippen LogP contribution in [0.5, 0.6) is 5.75 Å². The van der Waals surface area contributed by atoms with Crippen LogP contribution >= 0.6 is 0 Å². The van der Waals surface area contributed by atoms with Gasteiger partial charge in [-0.2, -0.15) is 0 Å². The van der Waals surface area contributed by atoms with Gasteiger partial charge < -0.3 is 19.7 Å². The van der Waals surface area contributed by atoms with E-state index in [0.29, 0.717) is 24.6 Å². The predicted molar refractivity (Wildman–Crippen MR) is 125 cm³/mol. The highest BCUT2D eigenvalue weighted by Gasteiger charge is 2.39. The molecule has 2 N–H and O–H groups in total. The number of hydrogen-bond donors (Lipinski definition) is 2. The van der Waals surface area contributed by atoms with Crippen LogP contribution in [0, 0.1) is 5.92 Å². The molecular formula is C26H35N3O5. The lowest BCUT2D eigenvalue weighted by molar-refractivity contribution is -0.136. The first kappa shape index (κ1) is 23.3. The summed E-state index contributed by atoms with van der Waals surface area (Å²) in [5.41, 5.74) is 1.50. The van der Waals surface area contributed by atoms with Crippen LogP contribution < -0.4 is 15.4 Å². The molecule has 1 aromatic rings. The van der Waals surface area contributed by atoms with E-state index in [-0.39, 0.29) is 30.2 Å². The fourth-order valence-electron chi connectivity index (χ4n) is 5.78. The maximum absolute atomic E-state index is 12.9. The number of fused-ring (bicyclic) bond motifs is 1. The van der Waals surface area contributed by atoms with Crippen LogP contribution in [0.25, 0.3) is 0 Å². The van der Waals surface area contributed by atoms with Gasteiger partial charge in [0.05, 0.1) is 0 Å². The minimum absolute atomic E-state index is 0.116. The van der Waals surface area contributed by atoms with Gasteiger partial charge in [0.25, 0.3) is 5.91 Å². The largest absolute Gasteiger partial charge is 0.489 e. The molecule has 3 aliphatic heterocycles. The van der Waals surface area contributed by atoms with E-state index >= 15 is 0 Å². The number of carbonyl (C=O) groups is 3. The number of rotatable bonds is 7. The Kier molecular flexibility index (Phi) is 7.15. The minimum Gasteiger partial charge on any atom is -0.489 e. The van der Waals surface area contributed by atoms with Crippen molar-refractivity contribution in [2.45, 2.75) is 82.5 Å². The van der Waals surface area contributed by atoms with E-state index in [1.807, 2.05) is 18.2 Å². The number of carbonyl (C=O) groups excluding carboxylic acids is 3. The summed E-state index contributed by atoms with van der Waals surface area (Å²) in [6.45, 7) is 3.16. The third-order valence-corrected chi connectivity index (χ3v) is 7.78. The first-order chi connectivity index (χ1) is 16.6. The van der Waals surface area contributed by atoms with Gasteiger partial charge in [0.2, 0.25) is 11.8 Å². The molecule has 3 unspecified atom stereocenters. The second-order valence-electron chi connectivity index (χ2n) is 10.1. The van der Waals surface area contributed by atoms with E-state index in [1.54, 1.807) is 4.90 Å². The van der Waals surface area contributed by atoms with Crippen LogP contribution in [0.2, 0.25) is 0 Å². The van der Waals surface area contributed by atoms with Crippen LogP contribution in [-0.2, 0) is 20.9 Å². The second-order valence-corrected chi connectivity index (χ2v) is 10.1. The van der Waals surface area contributed by atoms with E-state index in [4.69, 9.17) is 9.47 Å². The summed E-state index contributed by atoms with van der Waals surface area (Å²) >= 11 is 0. The monoisotopic (exact) mass is 469 g/mol. The van der Waals surface area contributed by atoms with Crippen molar-refractivity contribution < 1.29 is 23.9 Å². The second kappa shape index (κ2) is 10.4. The van der Waals surface area contributed by atoms with E-state index in [2.05, 4.69) is 10.6 Å². The number of nitrogens with zero attached hydrogens (tertiary/aromatic N) is 1. The van der Waals surface area contributed by atoms with Gasteiger partial charge in [-0.05, 0) is 81.2 Å². The van der Waals surface area contributed by atoms with Crippen molar-refractivity contribution in [3.05, 3.63) is 29.3 Å². The van der Waals surface area contributed by atoms with Gasteiger partial charge in [0.15, 0.2) is 0 Å². The lowest BCUT2D eigenvalue weighted by atomic mass is 9.91. The van der Waals surface area contributed by atoms with Gasteiger partial charge in [-0.1, -0.05) is 6.42 Å². The maximum atomic E-state index is 12.9. The zero-order valence-electron chi connectivity index (χ0n) is 19.7. The summed E-state index contributed by atoms with van der Waals surface area (Å²) in [5, 5.41) is 6.11. The number of piperidine rings is 1. The standard InChI is InChI=1S/C26H35N3O5/c30-24-8-7-22(25(31)28-24)29-16-18-15-19(5-6-20(18)26(29)32)34-23-4-2-1-3-21(23)27-12-9-17-10-13-33-14-11-17/h5-6,15,17,21-23,27H,1-4,7-14,16H2,(H,28,30,31). The first-order valence-electron chi connectivity index (χ1n) is 12.8. The van der Waals surface area contributed by atoms with Crippen LogP contribution in [0.1, 0.15) is 73.7 Å². The molecule has 2 saturated heterocycles. The molecule has 1 aromatic carbocycles. The fraction of sp³-hybridized carbons (Fsp3) is 0.654. The molecule has 8 nitrogen and oxygen atoms in total. The van der Waals surface area contributed by atoms with E-state index in [9.17, 15) is 14.4 Å². The molecule has 0 radical (unpaired) electrons. The molecule has 5 rings (SSSR count). The number of hydrogen-bond acceptors (Lipinski definition) is 6. The lowest BCUT2D eigenvalue weighted by Crippen LogP contribution is -2.52. The zero-order valence-corrected chi connectivity index (χ0v) is 19.7. The van der Waals surface area contributed by atoms with Crippen LogP contribution in [-0.4, -0.2) is 60.6 Å². The molecule has 1 aliphatic carbocycles. The average Bonchev–Trinajstić information content (AvgIpc) is 3.16. The number of nitrogens with one attached hydrogen (secondary N) is 2. The highest BCUT2D eigenvalue weighted by Crippen LogP contribution is 2.32. The SMILES string of the molecule is O=C1CCC(N2Cc3cc(OC4CCCCC4NCCC4CCOCC4)ccc3C2=O)C(=O)N1.